The van der Waals surface area contributed by atoms with E-state index in [2.05, 4.69) is 18.0 Å². The number of rotatable bonds is 2. The summed E-state index contributed by atoms with van der Waals surface area (Å²) in [5.41, 5.74) is 3.40. The van der Waals surface area contributed by atoms with Crippen molar-refractivity contribution < 1.29 is 5.11 Å². The van der Waals surface area contributed by atoms with E-state index in [1.165, 1.54) is 10.9 Å². The van der Waals surface area contributed by atoms with Crippen molar-refractivity contribution in [2.75, 3.05) is 0 Å². The molecule has 0 unspecified atom stereocenters. The van der Waals surface area contributed by atoms with Crippen LogP contribution >= 0.6 is 0 Å². The quantitative estimate of drug-likeness (QED) is 0.721. The summed E-state index contributed by atoms with van der Waals surface area (Å²) in [6, 6.07) is 6.03. The number of benzene rings is 1. The molecule has 0 fully saturated rings. The Morgan fingerprint density at radius 1 is 1.38 bits per heavy atom. The van der Waals surface area contributed by atoms with E-state index < -0.39 is 0 Å². The Kier molecular flexibility index (Phi) is 2.07. The molecule has 2 N–H and O–H groups in total. The topological polar surface area (TPSA) is 36.0 Å². The van der Waals surface area contributed by atoms with E-state index in [9.17, 15) is 0 Å². The number of fused-ring (bicyclic) bond motifs is 1. The molecule has 0 aliphatic rings. The Labute approximate surface area is 77.2 Å². The molecule has 0 saturated carbocycles. The molecular weight excluding hydrogens is 162 g/mol. The Morgan fingerprint density at radius 2 is 2.23 bits per heavy atom. The molecule has 0 aliphatic heterocycles. The predicted molar refractivity (Wildman–Crippen MR) is 53.6 cm³/mol. The minimum absolute atomic E-state index is 0.108. The zero-order valence-corrected chi connectivity index (χ0v) is 7.67. The molecule has 68 valence electrons. The van der Waals surface area contributed by atoms with Crippen LogP contribution in [0.3, 0.4) is 0 Å². The van der Waals surface area contributed by atoms with E-state index in [0.717, 1.165) is 17.5 Å². The van der Waals surface area contributed by atoms with E-state index in [1.54, 1.807) is 0 Å². The zero-order chi connectivity index (χ0) is 9.26. The number of aliphatic hydroxyl groups is 1. The third-order valence-corrected chi connectivity index (χ3v) is 2.40. The second kappa shape index (κ2) is 3.23. The average Bonchev–Trinajstić information content (AvgIpc) is 2.59. The zero-order valence-electron chi connectivity index (χ0n) is 7.67. The minimum Gasteiger partial charge on any atom is -0.392 e. The number of aromatic nitrogens is 1. The van der Waals surface area contributed by atoms with Gasteiger partial charge in [-0.05, 0) is 23.6 Å². The number of nitrogens with one attached hydrogen (secondary N) is 1. The molecule has 0 saturated heterocycles. The number of aromatic amines is 1. The first-order chi connectivity index (χ1) is 6.35. The first kappa shape index (κ1) is 8.32. The van der Waals surface area contributed by atoms with Gasteiger partial charge in [-0.25, -0.2) is 0 Å². The summed E-state index contributed by atoms with van der Waals surface area (Å²) in [7, 11) is 0. The van der Waals surface area contributed by atoms with Crippen molar-refractivity contribution in [1.29, 1.82) is 0 Å². The van der Waals surface area contributed by atoms with Crippen LogP contribution in [0.15, 0.2) is 24.4 Å². The Balaban J connectivity index is 2.61. The van der Waals surface area contributed by atoms with Crippen LogP contribution in [0.5, 0.6) is 0 Å². The van der Waals surface area contributed by atoms with Gasteiger partial charge >= 0.3 is 0 Å². The highest BCUT2D eigenvalue weighted by Crippen LogP contribution is 2.19. The van der Waals surface area contributed by atoms with E-state index in [4.69, 9.17) is 5.11 Å². The molecular formula is C11H13NO. The number of hydrogen-bond acceptors (Lipinski definition) is 1. The summed E-state index contributed by atoms with van der Waals surface area (Å²) in [6.45, 7) is 2.25. The lowest BCUT2D eigenvalue weighted by Crippen LogP contribution is -1.82. The molecule has 2 rings (SSSR count). The first-order valence-electron chi connectivity index (χ1n) is 4.55. The normalized spacial score (nSPS) is 10.9. The molecule has 2 nitrogen and oxygen atoms in total. The maximum absolute atomic E-state index is 8.95. The van der Waals surface area contributed by atoms with E-state index >= 15 is 0 Å². The summed E-state index contributed by atoms with van der Waals surface area (Å²) in [4.78, 5) is 3.20. The van der Waals surface area contributed by atoms with Gasteiger partial charge in [-0.3, -0.25) is 0 Å². The summed E-state index contributed by atoms with van der Waals surface area (Å²) < 4.78 is 0. The molecule has 1 aromatic heterocycles. The van der Waals surface area contributed by atoms with Gasteiger partial charge in [0.15, 0.2) is 0 Å². The second-order valence-corrected chi connectivity index (χ2v) is 3.21. The third kappa shape index (κ3) is 1.33. The van der Waals surface area contributed by atoms with Crippen LogP contribution in [0.1, 0.15) is 18.1 Å². The van der Waals surface area contributed by atoms with Gasteiger partial charge in [0.05, 0.1) is 6.61 Å². The van der Waals surface area contributed by atoms with Gasteiger partial charge < -0.3 is 10.1 Å². The van der Waals surface area contributed by atoms with Gasteiger partial charge in [-0.1, -0.05) is 19.1 Å². The minimum atomic E-state index is 0.108. The van der Waals surface area contributed by atoms with Crippen LogP contribution in [0.25, 0.3) is 10.9 Å². The fourth-order valence-electron chi connectivity index (χ4n) is 1.62. The van der Waals surface area contributed by atoms with Gasteiger partial charge in [0.25, 0.3) is 0 Å². The summed E-state index contributed by atoms with van der Waals surface area (Å²) in [5.74, 6) is 0. The second-order valence-electron chi connectivity index (χ2n) is 3.21. The van der Waals surface area contributed by atoms with Gasteiger partial charge in [-0.2, -0.15) is 0 Å². The van der Waals surface area contributed by atoms with E-state index in [1.807, 2.05) is 18.3 Å². The van der Waals surface area contributed by atoms with Gasteiger partial charge in [0.2, 0.25) is 0 Å². The summed E-state index contributed by atoms with van der Waals surface area (Å²) in [5, 5.41) is 10.2. The maximum Gasteiger partial charge on any atom is 0.0682 e. The number of aryl methyl sites for hydroxylation is 1. The van der Waals surface area contributed by atoms with E-state index in [-0.39, 0.29) is 6.61 Å². The van der Waals surface area contributed by atoms with Crippen molar-refractivity contribution in [1.82, 2.24) is 4.98 Å². The van der Waals surface area contributed by atoms with Crippen molar-refractivity contribution in [3.63, 3.8) is 0 Å². The van der Waals surface area contributed by atoms with Crippen LogP contribution < -0.4 is 0 Å². The fourth-order valence-corrected chi connectivity index (χ4v) is 1.62. The Bertz CT molecular complexity index is 417. The molecule has 0 amide bonds. The fraction of sp³-hybridized carbons (Fsp3) is 0.273. The van der Waals surface area contributed by atoms with Crippen LogP contribution in [0, 0.1) is 0 Å². The molecule has 1 aromatic carbocycles. The monoisotopic (exact) mass is 175 g/mol. The van der Waals surface area contributed by atoms with Gasteiger partial charge in [-0.15, -0.1) is 0 Å². The van der Waals surface area contributed by atoms with Gasteiger partial charge in [0.1, 0.15) is 0 Å². The molecule has 0 bridgehead atoms. The molecule has 0 radical (unpaired) electrons. The molecule has 1 heterocycles. The van der Waals surface area contributed by atoms with Crippen LogP contribution in [0.4, 0.5) is 0 Å². The average molecular weight is 175 g/mol. The van der Waals surface area contributed by atoms with Gasteiger partial charge in [0, 0.05) is 17.1 Å². The lowest BCUT2D eigenvalue weighted by atomic mass is 10.1. The summed E-state index contributed by atoms with van der Waals surface area (Å²) in [6.07, 6.45) is 3.07. The Morgan fingerprint density at radius 3 is 2.92 bits per heavy atom. The molecule has 2 aromatic rings. The molecule has 2 heteroatoms. The van der Waals surface area contributed by atoms with Crippen molar-refractivity contribution in [3.05, 3.63) is 35.5 Å². The highest BCUT2D eigenvalue weighted by atomic mass is 16.3. The van der Waals surface area contributed by atoms with Crippen LogP contribution in [-0.2, 0) is 13.0 Å². The first-order valence-corrected chi connectivity index (χ1v) is 4.55. The maximum atomic E-state index is 8.95. The standard InChI is InChI=1S/C11H13NO/c1-2-9-6-12-11-5-8(7-13)3-4-10(9)11/h3-6,12-13H,2,7H2,1H3. The third-order valence-electron chi connectivity index (χ3n) is 2.40. The molecule has 0 atom stereocenters. The summed E-state index contributed by atoms with van der Waals surface area (Å²) >= 11 is 0. The highest BCUT2D eigenvalue weighted by Gasteiger charge is 2.01. The number of H-pyrrole nitrogens is 1. The Hall–Kier alpha value is -1.28. The highest BCUT2D eigenvalue weighted by molar-refractivity contribution is 5.83. The number of hydrogen-bond donors (Lipinski definition) is 2. The largest absolute Gasteiger partial charge is 0.392 e. The van der Waals surface area contributed by atoms with Crippen molar-refractivity contribution in [2.45, 2.75) is 20.0 Å². The number of aliphatic hydroxyl groups excluding tert-OH is 1. The SMILES string of the molecule is CCc1c[nH]c2cc(CO)ccc12. The lowest BCUT2D eigenvalue weighted by molar-refractivity contribution is 0.282. The molecule has 0 aliphatic carbocycles. The van der Waals surface area contributed by atoms with Crippen LogP contribution in [0.2, 0.25) is 0 Å². The van der Waals surface area contributed by atoms with E-state index in [0.29, 0.717) is 0 Å². The van der Waals surface area contributed by atoms with Crippen molar-refractivity contribution in [3.8, 4) is 0 Å². The molecule has 13 heavy (non-hydrogen) atoms. The predicted octanol–water partition coefficient (Wildman–Crippen LogP) is 2.22. The molecule has 0 spiro atoms. The van der Waals surface area contributed by atoms with Crippen LogP contribution in [-0.4, -0.2) is 10.1 Å². The van der Waals surface area contributed by atoms with Crippen molar-refractivity contribution in [2.24, 2.45) is 0 Å². The smallest absolute Gasteiger partial charge is 0.0682 e. The van der Waals surface area contributed by atoms with Crippen molar-refractivity contribution >= 4 is 10.9 Å². The lowest BCUT2D eigenvalue weighted by Gasteiger charge is -1.97.